The predicted octanol–water partition coefficient (Wildman–Crippen LogP) is 5.58. The number of alkyl halides is 3. The largest absolute Gasteiger partial charge is 0.457 e. The number of aromatic nitrogens is 4. The summed E-state index contributed by atoms with van der Waals surface area (Å²) < 4.78 is 61.7. The van der Waals surface area contributed by atoms with Gasteiger partial charge in [-0.1, -0.05) is 18.2 Å². The molecule has 2 aliphatic heterocycles. The second kappa shape index (κ2) is 14.0. The van der Waals surface area contributed by atoms with Gasteiger partial charge in [0.05, 0.1) is 18.0 Å². The molecule has 2 aromatic carbocycles. The summed E-state index contributed by atoms with van der Waals surface area (Å²) in [5.74, 6) is -0.0435. The van der Waals surface area contributed by atoms with E-state index in [1.54, 1.807) is 39.9 Å². The fourth-order valence-corrected chi connectivity index (χ4v) is 6.65. The maximum absolute atomic E-state index is 15.6. The highest BCUT2D eigenvalue weighted by Gasteiger charge is 2.36. The Bertz CT molecular complexity index is 1930. The lowest BCUT2D eigenvalue weighted by Crippen LogP contribution is -2.55. The molecule has 4 aromatic rings. The molecule has 1 amide bonds. The fourth-order valence-electron chi connectivity index (χ4n) is 6.65. The maximum Gasteiger partial charge on any atom is 0.401 e. The van der Waals surface area contributed by atoms with Crippen molar-refractivity contribution in [2.45, 2.75) is 44.4 Å². The molecule has 0 spiro atoms. The van der Waals surface area contributed by atoms with Crippen LogP contribution in [0.5, 0.6) is 11.5 Å². The summed E-state index contributed by atoms with van der Waals surface area (Å²) in [4.78, 5) is 27.3. The molecule has 2 saturated heterocycles. The van der Waals surface area contributed by atoms with Gasteiger partial charge in [0.1, 0.15) is 46.8 Å². The number of nitrogens with zero attached hydrogens (tertiary/aromatic N) is 8. The van der Waals surface area contributed by atoms with Crippen LogP contribution in [0.25, 0.3) is 22.3 Å². The number of halogens is 4. The van der Waals surface area contributed by atoms with Crippen molar-refractivity contribution in [3.63, 3.8) is 0 Å². The third-order valence-corrected chi connectivity index (χ3v) is 9.16. The van der Waals surface area contributed by atoms with Gasteiger partial charge >= 0.3 is 6.18 Å². The van der Waals surface area contributed by atoms with Crippen LogP contribution in [0.1, 0.15) is 32.7 Å². The van der Waals surface area contributed by atoms with Gasteiger partial charge in [0, 0.05) is 56.4 Å². The molecule has 0 radical (unpaired) electrons. The van der Waals surface area contributed by atoms with Crippen LogP contribution in [0.15, 0.2) is 66.5 Å². The van der Waals surface area contributed by atoms with E-state index in [4.69, 9.17) is 15.6 Å². The Hall–Kier alpha value is -5.07. The number of amides is 1. The zero-order chi connectivity index (χ0) is 35.6. The van der Waals surface area contributed by atoms with Crippen LogP contribution in [0, 0.1) is 17.1 Å². The molecular formula is C35H37F4N9O2. The van der Waals surface area contributed by atoms with E-state index in [0.29, 0.717) is 55.0 Å². The Balaban J connectivity index is 1.22. The van der Waals surface area contributed by atoms with Crippen LogP contribution in [-0.2, 0) is 4.79 Å². The highest BCUT2D eigenvalue weighted by molar-refractivity contribution is 5.99. The predicted molar refractivity (Wildman–Crippen MR) is 178 cm³/mol. The lowest BCUT2D eigenvalue weighted by Gasteiger charge is -2.43. The number of hydrogen-bond donors (Lipinski definition) is 1. The van der Waals surface area contributed by atoms with Gasteiger partial charge in [0.2, 0.25) is 0 Å². The molecule has 50 heavy (non-hydrogen) atoms. The van der Waals surface area contributed by atoms with E-state index >= 15 is 4.39 Å². The summed E-state index contributed by atoms with van der Waals surface area (Å²) in [7, 11) is 0. The number of piperidine rings is 1. The molecule has 2 aromatic heterocycles. The number of piperazine rings is 1. The molecule has 0 aliphatic carbocycles. The normalized spacial score (nSPS) is 18.3. The molecule has 0 saturated carbocycles. The molecular weight excluding hydrogens is 654 g/mol. The van der Waals surface area contributed by atoms with Crippen molar-refractivity contribution >= 4 is 22.8 Å². The van der Waals surface area contributed by atoms with Gasteiger partial charge in [-0.2, -0.15) is 23.5 Å². The van der Waals surface area contributed by atoms with Gasteiger partial charge in [-0.25, -0.2) is 19.0 Å². The van der Waals surface area contributed by atoms with Crippen LogP contribution >= 0.6 is 0 Å². The number of carbonyl (C=O) groups excluding carboxylic acids is 1. The van der Waals surface area contributed by atoms with Crippen molar-refractivity contribution in [2.24, 2.45) is 0 Å². The standard InChI is InChI=1S/C35H37F4N9O2/c1-34(2,47-15-13-45(14-16-47)21-35(37,38)39)18-23(19-40)33(49)46-12-6-7-24(20-46)48-32-29(31(41)42-22-43-32)30(44-48)27-11-10-26(17-28(27)36)50-25-8-4-3-5-9-25/h3-5,8-11,17-18,22,24H,6-7,12-16,20-21H2,1-2H3,(H2,41,42,43)/t24-/m1/s1. The first-order valence-electron chi connectivity index (χ1n) is 16.3. The first-order chi connectivity index (χ1) is 23.8. The number of carbonyl (C=O) groups is 1. The number of nitrogen functional groups attached to an aromatic ring is 1. The second-order valence-corrected chi connectivity index (χ2v) is 13.1. The van der Waals surface area contributed by atoms with Crippen molar-refractivity contribution in [3.8, 4) is 28.8 Å². The van der Waals surface area contributed by atoms with Crippen LogP contribution in [-0.4, -0.2) is 97.9 Å². The fraction of sp³-hybridized carbons (Fsp3) is 0.400. The second-order valence-electron chi connectivity index (χ2n) is 13.1. The van der Waals surface area contributed by atoms with E-state index in [2.05, 4.69) is 16.0 Å². The molecule has 2 N–H and O–H groups in total. The third kappa shape index (κ3) is 7.56. The lowest BCUT2D eigenvalue weighted by molar-refractivity contribution is -0.150. The summed E-state index contributed by atoms with van der Waals surface area (Å²) in [5, 5.41) is 15.2. The molecule has 262 valence electrons. The van der Waals surface area contributed by atoms with Gasteiger partial charge in [-0.3, -0.25) is 14.6 Å². The number of likely N-dealkylation sites (tertiary alicyclic amines) is 1. The first kappa shape index (κ1) is 34.8. The van der Waals surface area contributed by atoms with Crippen LogP contribution < -0.4 is 10.5 Å². The highest BCUT2D eigenvalue weighted by Crippen LogP contribution is 2.36. The third-order valence-electron chi connectivity index (χ3n) is 9.16. The molecule has 4 heterocycles. The molecule has 2 fully saturated rings. The summed E-state index contributed by atoms with van der Waals surface area (Å²) in [6.45, 7) is 4.52. The van der Waals surface area contributed by atoms with Crippen molar-refractivity contribution in [1.29, 1.82) is 5.26 Å². The van der Waals surface area contributed by atoms with Crippen molar-refractivity contribution < 1.29 is 27.1 Å². The monoisotopic (exact) mass is 691 g/mol. The van der Waals surface area contributed by atoms with Crippen molar-refractivity contribution in [3.05, 3.63) is 72.3 Å². The number of fused-ring (bicyclic) bond motifs is 1. The summed E-state index contributed by atoms with van der Waals surface area (Å²) in [6.07, 6.45) is -0.123. The molecule has 11 nitrogen and oxygen atoms in total. The molecule has 1 atom stereocenters. The number of benzene rings is 2. The smallest absolute Gasteiger partial charge is 0.401 e. The number of nitriles is 1. The number of rotatable bonds is 8. The average molecular weight is 692 g/mol. The Morgan fingerprint density at radius 2 is 1.80 bits per heavy atom. The molecule has 6 rings (SSSR count). The van der Waals surface area contributed by atoms with E-state index in [-0.39, 0.29) is 48.3 Å². The average Bonchev–Trinajstić information content (AvgIpc) is 3.48. The quantitative estimate of drug-likeness (QED) is 0.143. The first-order valence-corrected chi connectivity index (χ1v) is 16.3. The SMILES string of the molecule is CC(C)(C=C(C#N)C(=O)N1CCC[C@@H](n2nc(-c3ccc(Oc4ccccc4)cc3F)c3c(N)ncnc32)C1)N1CCN(CC(F)(F)F)CC1. The molecule has 15 heteroatoms. The van der Waals surface area contributed by atoms with E-state index < -0.39 is 30.0 Å². The Kier molecular flexibility index (Phi) is 9.77. The van der Waals surface area contributed by atoms with Gasteiger partial charge in [-0.15, -0.1) is 0 Å². The Morgan fingerprint density at radius 1 is 1.06 bits per heavy atom. The minimum absolute atomic E-state index is 0.0502. The highest BCUT2D eigenvalue weighted by atomic mass is 19.4. The van der Waals surface area contributed by atoms with Gasteiger partial charge in [0.15, 0.2) is 5.65 Å². The molecule has 2 aliphatic rings. The number of hydrogen-bond acceptors (Lipinski definition) is 9. The van der Waals surface area contributed by atoms with E-state index in [0.717, 1.165) is 0 Å². The van der Waals surface area contributed by atoms with Gasteiger partial charge < -0.3 is 15.4 Å². The lowest BCUT2D eigenvalue weighted by atomic mass is 9.96. The topological polar surface area (TPSA) is 129 Å². The van der Waals surface area contributed by atoms with Gasteiger partial charge in [-0.05, 0) is 57.0 Å². The van der Waals surface area contributed by atoms with E-state index in [9.17, 15) is 23.2 Å². The number of para-hydroxylation sites is 1. The number of nitrogens with two attached hydrogens (primary N) is 1. The Morgan fingerprint density at radius 3 is 2.48 bits per heavy atom. The van der Waals surface area contributed by atoms with Gasteiger partial charge in [0.25, 0.3) is 5.91 Å². The van der Waals surface area contributed by atoms with Crippen LogP contribution in [0.2, 0.25) is 0 Å². The summed E-state index contributed by atoms with van der Waals surface area (Å²) in [6, 6.07) is 15.2. The number of ether oxygens (including phenoxy) is 1. The summed E-state index contributed by atoms with van der Waals surface area (Å²) >= 11 is 0. The zero-order valence-electron chi connectivity index (χ0n) is 27.7. The van der Waals surface area contributed by atoms with Crippen LogP contribution in [0.4, 0.5) is 23.4 Å². The summed E-state index contributed by atoms with van der Waals surface area (Å²) in [5.41, 5.74) is 6.30. The van der Waals surface area contributed by atoms with E-state index in [1.807, 2.05) is 36.9 Å². The van der Waals surface area contributed by atoms with Crippen molar-refractivity contribution in [1.82, 2.24) is 34.4 Å². The number of anilines is 1. The minimum Gasteiger partial charge on any atom is -0.457 e. The van der Waals surface area contributed by atoms with Crippen molar-refractivity contribution in [2.75, 3.05) is 51.5 Å². The van der Waals surface area contributed by atoms with E-state index in [1.165, 1.54) is 17.3 Å². The minimum atomic E-state index is -4.27. The maximum atomic E-state index is 15.6. The zero-order valence-corrected chi connectivity index (χ0v) is 27.7. The van der Waals surface area contributed by atoms with Crippen LogP contribution in [0.3, 0.4) is 0 Å². The molecule has 0 bridgehead atoms. The Labute approximate surface area is 286 Å². The molecule has 0 unspecified atom stereocenters.